The Hall–Kier alpha value is -1.54. The average Bonchev–Trinajstić information content (AvgIpc) is 2.16. The Kier molecular flexibility index (Phi) is 4.32. The third-order valence-corrected chi connectivity index (χ3v) is 2.01. The van der Waals surface area contributed by atoms with Crippen LogP contribution < -0.4 is 10.6 Å². The Morgan fingerprint density at radius 1 is 1.44 bits per heavy atom. The first kappa shape index (κ1) is 12.5. The summed E-state index contributed by atoms with van der Waals surface area (Å²) >= 11 is 5.90. The van der Waals surface area contributed by atoms with Crippen molar-refractivity contribution in [3.63, 3.8) is 0 Å². The van der Waals surface area contributed by atoms with Crippen LogP contribution in [-0.4, -0.2) is 22.6 Å². The van der Waals surface area contributed by atoms with E-state index in [0.717, 1.165) is 0 Å². The first-order valence-corrected chi connectivity index (χ1v) is 5.44. The van der Waals surface area contributed by atoms with Gasteiger partial charge in [-0.1, -0.05) is 11.6 Å². The van der Waals surface area contributed by atoms with Crippen molar-refractivity contribution in [2.45, 2.75) is 26.8 Å². The van der Waals surface area contributed by atoms with Gasteiger partial charge in [-0.05, 0) is 20.8 Å². The molecular formula is C10H14ClN5. The summed E-state index contributed by atoms with van der Waals surface area (Å²) in [7, 11) is 0. The Bertz CT molecular complexity index is 410. The normalized spacial score (nSPS) is 10.0. The summed E-state index contributed by atoms with van der Waals surface area (Å²) in [5.41, 5.74) is 0.276. The van der Waals surface area contributed by atoms with E-state index in [9.17, 15) is 0 Å². The number of nitriles is 1. The molecule has 0 bridgehead atoms. The van der Waals surface area contributed by atoms with Gasteiger partial charge >= 0.3 is 0 Å². The Morgan fingerprint density at radius 3 is 2.62 bits per heavy atom. The second-order valence-electron chi connectivity index (χ2n) is 3.50. The third-order valence-electron chi connectivity index (χ3n) is 1.74. The molecule has 0 aromatic carbocycles. The van der Waals surface area contributed by atoms with Crippen LogP contribution in [0.5, 0.6) is 0 Å². The van der Waals surface area contributed by atoms with Crippen molar-refractivity contribution in [2.75, 3.05) is 17.2 Å². The fourth-order valence-electron chi connectivity index (χ4n) is 1.15. The van der Waals surface area contributed by atoms with E-state index in [0.29, 0.717) is 18.3 Å². The highest BCUT2D eigenvalue weighted by Gasteiger charge is 2.12. The maximum Gasteiger partial charge on any atom is 0.226 e. The van der Waals surface area contributed by atoms with Crippen molar-refractivity contribution in [3.8, 4) is 6.07 Å². The van der Waals surface area contributed by atoms with E-state index in [2.05, 4.69) is 20.6 Å². The molecule has 1 aromatic heterocycles. The molecule has 0 fully saturated rings. The molecule has 1 aromatic rings. The van der Waals surface area contributed by atoms with Crippen molar-refractivity contribution in [1.29, 1.82) is 5.26 Å². The number of anilines is 2. The molecule has 0 unspecified atom stereocenters. The summed E-state index contributed by atoms with van der Waals surface area (Å²) in [4.78, 5) is 8.20. The highest BCUT2D eigenvalue weighted by molar-refractivity contribution is 6.31. The number of aromatic nitrogens is 2. The van der Waals surface area contributed by atoms with Crippen LogP contribution in [0.1, 0.15) is 26.3 Å². The van der Waals surface area contributed by atoms with E-state index in [-0.39, 0.29) is 16.8 Å². The van der Waals surface area contributed by atoms with Gasteiger partial charge in [-0.2, -0.15) is 15.2 Å². The van der Waals surface area contributed by atoms with Crippen molar-refractivity contribution >= 4 is 23.4 Å². The van der Waals surface area contributed by atoms with Crippen LogP contribution in [0, 0.1) is 11.3 Å². The van der Waals surface area contributed by atoms with Gasteiger partial charge in [0.05, 0.1) is 0 Å². The predicted molar refractivity (Wildman–Crippen MR) is 64.7 cm³/mol. The SMILES string of the molecule is CCNc1nc(NC(C)C)nc(Cl)c1C#N. The summed E-state index contributed by atoms with van der Waals surface area (Å²) in [5, 5.41) is 15.1. The van der Waals surface area contributed by atoms with Crippen molar-refractivity contribution in [3.05, 3.63) is 10.7 Å². The van der Waals surface area contributed by atoms with Gasteiger partial charge in [-0.25, -0.2) is 0 Å². The third kappa shape index (κ3) is 2.97. The molecule has 86 valence electrons. The first-order valence-electron chi connectivity index (χ1n) is 5.06. The fourth-order valence-corrected chi connectivity index (χ4v) is 1.36. The van der Waals surface area contributed by atoms with Gasteiger partial charge in [-0.15, -0.1) is 0 Å². The number of rotatable bonds is 4. The summed E-state index contributed by atoms with van der Waals surface area (Å²) < 4.78 is 0. The van der Waals surface area contributed by atoms with Crippen LogP contribution in [0.3, 0.4) is 0 Å². The first-order chi connectivity index (χ1) is 7.58. The zero-order valence-electron chi connectivity index (χ0n) is 9.50. The molecule has 1 heterocycles. The van der Waals surface area contributed by atoms with E-state index < -0.39 is 0 Å². The van der Waals surface area contributed by atoms with Gasteiger partial charge in [0.2, 0.25) is 5.95 Å². The lowest BCUT2D eigenvalue weighted by molar-refractivity contribution is 0.873. The fraction of sp³-hybridized carbons (Fsp3) is 0.500. The van der Waals surface area contributed by atoms with Crippen LogP contribution in [0.15, 0.2) is 0 Å². The topological polar surface area (TPSA) is 73.6 Å². The Labute approximate surface area is 99.9 Å². The van der Waals surface area contributed by atoms with Gasteiger partial charge in [0.25, 0.3) is 0 Å². The minimum absolute atomic E-state index is 0.164. The molecule has 16 heavy (non-hydrogen) atoms. The van der Waals surface area contributed by atoms with Crippen LogP contribution in [0.2, 0.25) is 5.15 Å². The smallest absolute Gasteiger partial charge is 0.226 e. The predicted octanol–water partition coefficient (Wildman–Crippen LogP) is 2.25. The maximum atomic E-state index is 8.92. The number of nitrogens with zero attached hydrogens (tertiary/aromatic N) is 3. The maximum absolute atomic E-state index is 8.92. The van der Waals surface area contributed by atoms with Crippen LogP contribution in [0.4, 0.5) is 11.8 Å². The van der Waals surface area contributed by atoms with Gasteiger partial charge in [-0.3, -0.25) is 0 Å². The van der Waals surface area contributed by atoms with E-state index in [1.807, 2.05) is 26.8 Å². The lowest BCUT2D eigenvalue weighted by Crippen LogP contribution is -2.14. The largest absolute Gasteiger partial charge is 0.369 e. The highest BCUT2D eigenvalue weighted by Crippen LogP contribution is 2.21. The number of hydrogen-bond acceptors (Lipinski definition) is 5. The van der Waals surface area contributed by atoms with E-state index in [1.54, 1.807) is 0 Å². The second kappa shape index (κ2) is 5.52. The lowest BCUT2D eigenvalue weighted by Gasteiger charge is -2.11. The lowest BCUT2D eigenvalue weighted by atomic mass is 10.3. The monoisotopic (exact) mass is 239 g/mol. The van der Waals surface area contributed by atoms with Crippen LogP contribution >= 0.6 is 11.6 Å². The molecule has 0 aliphatic carbocycles. The molecular weight excluding hydrogens is 226 g/mol. The highest BCUT2D eigenvalue weighted by atomic mass is 35.5. The van der Waals surface area contributed by atoms with Gasteiger partial charge in [0.15, 0.2) is 11.0 Å². The molecule has 6 heteroatoms. The van der Waals surface area contributed by atoms with E-state index in [4.69, 9.17) is 16.9 Å². The molecule has 0 aliphatic rings. The number of hydrogen-bond donors (Lipinski definition) is 2. The Morgan fingerprint density at radius 2 is 2.12 bits per heavy atom. The van der Waals surface area contributed by atoms with Gasteiger partial charge < -0.3 is 10.6 Å². The molecule has 0 spiro atoms. The Balaban J connectivity index is 3.13. The molecule has 1 rings (SSSR count). The van der Waals surface area contributed by atoms with Crippen LogP contribution in [-0.2, 0) is 0 Å². The van der Waals surface area contributed by atoms with E-state index >= 15 is 0 Å². The van der Waals surface area contributed by atoms with Crippen molar-refractivity contribution in [2.24, 2.45) is 0 Å². The molecule has 0 saturated heterocycles. The molecule has 5 nitrogen and oxygen atoms in total. The average molecular weight is 240 g/mol. The quantitative estimate of drug-likeness (QED) is 0.789. The summed E-state index contributed by atoms with van der Waals surface area (Å²) in [5.74, 6) is 0.892. The molecule has 0 radical (unpaired) electrons. The summed E-state index contributed by atoms with van der Waals surface area (Å²) in [6, 6.07) is 2.19. The molecule has 0 aliphatic heterocycles. The molecule has 0 saturated carbocycles. The minimum Gasteiger partial charge on any atom is -0.369 e. The summed E-state index contributed by atoms with van der Waals surface area (Å²) in [6.07, 6.45) is 0. The van der Waals surface area contributed by atoms with Gasteiger partial charge in [0, 0.05) is 12.6 Å². The number of nitrogens with one attached hydrogen (secondary N) is 2. The standard InChI is InChI=1S/C10H14ClN5/c1-4-13-9-7(5-12)8(11)15-10(16-9)14-6(2)3/h6H,4H2,1-3H3,(H2,13,14,15,16). The summed E-state index contributed by atoms with van der Waals surface area (Å²) in [6.45, 7) is 6.54. The minimum atomic E-state index is 0.164. The van der Waals surface area contributed by atoms with E-state index in [1.165, 1.54) is 0 Å². The second-order valence-corrected chi connectivity index (χ2v) is 3.86. The van der Waals surface area contributed by atoms with Crippen LogP contribution in [0.25, 0.3) is 0 Å². The van der Waals surface area contributed by atoms with Crippen molar-refractivity contribution in [1.82, 2.24) is 9.97 Å². The van der Waals surface area contributed by atoms with Crippen molar-refractivity contribution < 1.29 is 0 Å². The van der Waals surface area contributed by atoms with Gasteiger partial charge in [0.1, 0.15) is 11.6 Å². The zero-order chi connectivity index (χ0) is 12.1. The molecule has 0 atom stereocenters. The molecule has 2 N–H and O–H groups in total. The zero-order valence-corrected chi connectivity index (χ0v) is 10.3. The number of halogens is 1. The molecule has 0 amide bonds.